The van der Waals surface area contributed by atoms with Crippen molar-refractivity contribution in [1.82, 2.24) is 0 Å². The van der Waals surface area contributed by atoms with Gasteiger partial charge in [0.1, 0.15) is 0 Å². The van der Waals surface area contributed by atoms with Gasteiger partial charge in [0.25, 0.3) is 0 Å². The van der Waals surface area contributed by atoms with Gasteiger partial charge in [0.2, 0.25) is 0 Å². The highest BCUT2D eigenvalue weighted by Gasteiger charge is 2.27. The Morgan fingerprint density at radius 3 is 0.867 bits per heavy atom. The van der Waals surface area contributed by atoms with Gasteiger partial charge in [-0.1, -0.05) is 107 Å². The molecule has 0 nitrogen and oxygen atoms in total. The van der Waals surface area contributed by atoms with Gasteiger partial charge >= 0.3 is 0 Å². The third-order valence-electron chi connectivity index (χ3n) is 6.45. The molecular formula is C30H46. The molecule has 0 aliphatic rings. The second-order valence-electron chi connectivity index (χ2n) is 13.4. The van der Waals surface area contributed by atoms with E-state index in [0.29, 0.717) is 0 Å². The lowest BCUT2D eigenvalue weighted by Crippen LogP contribution is -2.20. The Morgan fingerprint density at radius 1 is 0.400 bits per heavy atom. The minimum Gasteiger partial charge on any atom is -0.0561 e. The summed E-state index contributed by atoms with van der Waals surface area (Å²) in [5.74, 6) is 0. The molecule has 0 fully saturated rings. The predicted molar refractivity (Wildman–Crippen MR) is 136 cm³/mol. The summed E-state index contributed by atoms with van der Waals surface area (Å²) < 4.78 is 0. The summed E-state index contributed by atoms with van der Waals surface area (Å²) in [7, 11) is 0. The van der Waals surface area contributed by atoms with E-state index in [9.17, 15) is 0 Å². The van der Waals surface area contributed by atoms with Crippen LogP contribution in [0.4, 0.5) is 0 Å². The van der Waals surface area contributed by atoms with Crippen molar-refractivity contribution in [3.63, 3.8) is 0 Å². The minimum absolute atomic E-state index is 0.114. The Morgan fingerprint density at radius 2 is 0.667 bits per heavy atom. The first-order chi connectivity index (χ1) is 13.2. The number of rotatable bonds is 1. The van der Waals surface area contributed by atoms with Crippen LogP contribution >= 0.6 is 0 Å². The van der Waals surface area contributed by atoms with Crippen LogP contribution in [0.5, 0.6) is 0 Å². The number of benzene rings is 2. The lowest BCUT2D eigenvalue weighted by atomic mass is 9.73. The van der Waals surface area contributed by atoms with Gasteiger partial charge in [-0.3, -0.25) is 0 Å². The number of hydrogen-bond donors (Lipinski definition) is 0. The topological polar surface area (TPSA) is 0 Å². The summed E-state index contributed by atoms with van der Waals surface area (Å²) in [6.45, 7) is 32.6. The Kier molecular flexibility index (Phi) is 6.21. The highest BCUT2D eigenvalue weighted by molar-refractivity contribution is 5.75. The van der Waals surface area contributed by atoms with E-state index in [2.05, 4.69) is 121 Å². The van der Waals surface area contributed by atoms with E-state index in [4.69, 9.17) is 0 Å². The summed E-state index contributed by atoms with van der Waals surface area (Å²) in [5.41, 5.74) is 11.9. The Labute approximate surface area is 187 Å². The van der Waals surface area contributed by atoms with Crippen molar-refractivity contribution in [2.24, 2.45) is 0 Å². The van der Waals surface area contributed by atoms with Crippen LogP contribution in [0.3, 0.4) is 0 Å². The van der Waals surface area contributed by atoms with Gasteiger partial charge < -0.3 is 0 Å². The summed E-state index contributed by atoms with van der Waals surface area (Å²) in [4.78, 5) is 0. The molecule has 0 N–H and O–H groups in total. The first kappa shape index (κ1) is 24.7. The molecular weight excluding hydrogens is 360 g/mol. The van der Waals surface area contributed by atoms with Crippen molar-refractivity contribution in [2.75, 3.05) is 0 Å². The number of hydrogen-bond acceptors (Lipinski definition) is 0. The summed E-state index contributed by atoms with van der Waals surface area (Å²) >= 11 is 0. The molecule has 0 unspecified atom stereocenters. The van der Waals surface area contributed by atoms with Gasteiger partial charge in [0.15, 0.2) is 0 Å². The lowest BCUT2D eigenvalue weighted by molar-refractivity contribution is 0.563. The van der Waals surface area contributed by atoms with Crippen molar-refractivity contribution in [1.29, 1.82) is 0 Å². The van der Waals surface area contributed by atoms with Crippen LogP contribution in [0, 0.1) is 13.8 Å². The Bertz CT molecular complexity index is 847. The maximum atomic E-state index is 2.46. The quantitative estimate of drug-likeness (QED) is 0.443. The standard InChI is InChI=1S/C30H46/c1-19-23(15-21(27(3,4)5)17-25(19)29(9,10)11)24-16-22(28(6,7)8)18-26(20(24)2)30(12,13)14/h15-18H,1-14H3. The molecule has 0 saturated carbocycles. The van der Waals surface area contributed by atoms with Crippen molar-refractivity contribution in [3.8, 4) is 11.1 Å². The molecule has 2 aromatic rings. The van der Waals surface area contributed by atoms with Gasteiger partial charge in [-0.05, 0) is 80.0 Å². The predicted octanol–water partition coefficient (Wildman–Crippen LogP) is 9.16. The maximum absolute atomic E-state index is 2.46. The van der Waals surface area contributed by atoms with Crippen LogP contribution in [0.2, 0.25) is 0 Å². The SMILES string of the molecule is Cc1c(-c2cc(C(C)(C)C)cc(C(C)(C)C)c2C)cc(C(C)(C)C)cc1C(C)(C)C. The molecule has 30 heavy (non-hydrogen) atoms. The highest BCUT2D eigenvalue weighted by atomic mass is 14.3. The molecule has 2 aromatic carbocycles. The Hall–Kier alpha value is -1.56. The fraction of sp³-hybridized carbons (Fsp3) is 0.600. The largest absolute Gasteiger partial charge is 0.0561 e. The molecule has 2 rings (SSSR count). The van der Waals surface area contributed by atoms with E-state index in [1.54, 1.807) is 0 Å². The second kappa shape index (κ2) is 7.54. The summed E-state index contributed by atoms with van der Waals surface area (Å²) in [6.07, 6.45) is 0. The molecule has 0 bridgehead atoms. The zero-order chi connectivity index (χ0) is 23.4. The van der Waals surface area contributed by atoms with Crippen LogP contribution in [0.25, 0.3) is 11.1 Å². The van der Waals surface area contributed by atoms with Gasteiger partial charge in [0, 0.05) is 0 Å². The zero-order valence-corrected chi connectivity index (χ0v) is 22.3. The van der Waals surface area contributed by atoms with Gasteiger partial charge in [0.05, 0.1) is 0 Å². The molecule has 0 spiro atoms. The molecule has 0 aliphatic carbocycles. The average molecular weight is 407 g/mol. The third kappa shape index (κ3) is 5.01. The first-order valence-electron chi connectivity index (χ1n) is 11.6. The van der Waals surface area contributed by atoms with E-state index in [-0.39, 0.29) is 21.7 Å². The summed E-state index contributed by atoms with van der Waals surface area (Å²) in [5, 5.41) is 0. The zero-order valence-electron chi connectivity index (χ0n) is 22.3. The molecule has 0 aliphatic heterocycles. The molecule has 0 amide bonds. The van der Waals surface area contributed by atoms with Gasteiger partial charge in [-0.25, -0.2) is 0 Å². The van der Waals surface area contributed by atoms with E-state index in [0.717, 1.165) is 0 Å². The van der Waals surface area contributed by atoms with Crippen molar-refractivity contribution >= 4 is 0 Å². The smallest absolute Gasteiger partial charge is 0.0129 e. The van der Waals surface area contributed by atoms with Gasteiger partial charge in [-0.2, -0.15) is 0 Å². The van der Waals surface area contributed by atoms with Crippen LogP contribution in [-0.2, 0) is 21.7 Å². The first-order valence-corrected chi connectivity index (χ1v) is 11.6. The molecule has 0 heteroatoms. The van der Waals surface area contributed by atoms with Crippen LogP contribution in [0.1, 0.15) is 116 Å². The molecule has 0 heterocycles. The third-order valence-corrected chi connectivity index (χ3v) is 6.45. The monoisotopic (exact) mass is 406 g/mol. The van der Waals surface area contributed by atoms with Crippen molar-refractivity contribution < 1.29 is 0 Å². The van der Waals surface area contributed by atoms with E-state index in [1.807, 2.05) is 0 Å². The fourth-order valence-electron chi connectivity index (χ4n) is 4.41. The molecule has 0 aromatic heterocycles. The molecule has 0 radical (unpaired) electrons. The summed E-state index contributed by atoms with van der Waals surface area (Å²) in [6, 6.07) is 9.83. The van der Waals surface area contributed by atoms with Crippen LogP contribution < -0.4 is 0 Å². The Balaban J connectivity index is 3.03. The van der Waals surface area contributed by atoms with Crippen LogP contribution in [0.15, 0.2) is 24.3 Å². The lowest BCUT2D eigenvalue weighted by Gasteiger charge is -2.32. The second-order valence-corrected chi connectivity index (χ2v) is 13.4. The maximum Gasteiger partial charge on any atom is -0.0129 e. The fourth-order valence-corrected chi connectivity index (χ4v) is 4.41. The van der Waals surface area contributed by atoms with Crippen LogP contribution in [-0.4, -0.2) is 0 Å². The molecule has 0 saturated heterocycles. The van der Waals surface area contributed by atoms with Crippen molar-refractivity contribution in [2.45, 2.75) is 119 Å². The van der Waals surface area contributed by atoms with Gasteiger partial charge in [-0.15, -0.1) is 0 Å². The average Bonchev–Trinajstić information content (AvgIpc) is 2.51. The normalized spacial score (nSPS) is 13.7. The minimum atomic E-state index is 0.114. The molecule has 0 atom stereocenters. The van der Waals surface area contributed by atoms with Crippen molar-refractivity contribution in [3.05, 3.63) is 57.6 Å². The molecule has 166 valence electrons. The van der Waals surface area contributed by atoms with E-state index < -0.39 is 0 Å². The van der Waals surface area contributed by atoms with E-state index >= 15 is 0 Å². The highest BCUT2D eigenvalue weighted by Crippen LogP contribution is 2.42. The van der Waals surface area contributed by atoms with E-state index in [1.165, 1.54) is 44.5 Å².